The Bertz CT molecular complexity index is 839. The molecule has 1 aromatic heterocycles. The lowest BCUT2D eigenvalue weighted by Crippen LogP contribution is -2.00. The number of hydrogen-bond acceptors (Lipinski definition) is 2. The summed E-state index contributed by atoms with van der Waals surface area (Å²) < 4.78 is 26.4. The lowest BCUT2D eigenvalue weighted by Gasteiger charge is -2.14. The van der Waals surface area contributed by atoms with Gasteiger partial charge >= 0.3 is 0 Å². The molecule has 0 spiro atoms. The second kappa shape index (κ2) is 6.16. The minimum Gasteiger partial charge on any atom is -0.497 e. The zero-order chi connectivity index (χ0) is 16.4. The summed E-state index contributed by atoms with van der Waals surface area (Å²) in [6.07, 6.45) is 0. The van der Waals surface area contributed by atoms with E-state index in [4.69, 9.17) is 9.47 Å². The van der Waals surface area contributed by atoms with Crippen LogP contribution in [0.2, 0.25) is 0 Å². The van der Waals surface area contributed by atoms with Crippen molar-refractivity contribution in [3.63, 3.8) is 0 Å². The van der Waals surface area contributed by atoms with Crippen molar-refractivity contribution in [3.05, 3.63) is 66.1 Å². The van der Waals surface area contributed by atoms with Crippen LogP contribution < -0.4 is 9.47 Å². The van der Waals surface area contributed by atoms with Crippen LogP contribution in [0.4, 0.5) is 4.39 Å². The Kier molecular flexibility index (Phi) is 4.06. The van der Waals surface area contributed by atoms with Gasteiger partial charge < -0.3 is 14.0 Å². The Morgan fingerprint density at radius 2 is 1.74 bits per heavy atom. The fourth-order valence-electron chi connectivity index (χ4n) is 2.68. The van der Waals surface area contributed by atoms with E-state index in [1.165, 1.54) is 13.2 Å². The summed E-state index contributed by atoms with van der Waals surface area (Å²) in [5.74, 6) is 0.647. The average Bonchev–Trinajstić information content (AvgIpc) is 2.96. The molecule has 0 aliphatic rings. The van der Waals surface area contributed by atoms with Gasteiger partial charge in [-0.1, -0.05) is 6.07 Å². The summed E-state index contributed by atoms with van der Waals surface area (Å²) in [5.41, 5.74) is 3.74. The number of nitrogens with zero attached hydrogens (tertiary/aromatic N) is 1. The van der Waals surface area contributed by atoms with E-state index in [2.05, 4.69) is 4.57 Å². The number of aromatic nitrogens is 1. The van der Waals surface area contributed by atoms with Gasteiger partial charge in [0.25, 0.3) is 0 Å². The SMILES string of the molecule is COc1cccc(-n2c(C)ccc2-c2ccc(OC)c(F)c2)c1. The van der Waals surface area contributed by atoms with Crippen molar-refractivity contribution in [3.8, 4) is 28.4 Å². The Hall–Kier alpha value is -2.75. The molecule has 3 rings (SSSR count). The fraction of sp³-hybridized carbons (Fsp3) is 0.158. The molecular weight excluding hydrogens is 293 g/mol. The summed E-state index contributed by atoms with van der Waals surface area (Å²) in [7, 11) is 3.10. The van der Waals surface area contributed by atoms with Crippen molar-refractivity contribution in [2.45, 2.75) is 6.92 Å². The molecule has 0 amide bonds. The number of aryl methyl sites for hydroxylation is 1. The first kappa shape index (κ1) is 15.2. The number of methoxy groups -OCH3 is 2. The predicted molar refractivity (Wildman–Crippen MR) is 89.0 cm³/mol. The van der Waals surface area contributed by atoms with Crippen LogP contribution in [0.25, 0.3) is 16.9 Å². The van der Waals surface area contributed by atoms with Crippen molar-refractivity contribution in [2.24, 2.45) is 0 Å². The van der Waals surface area contributed by atoms with Gasteiger partial charge in [0.1, 0.15) is 5.75 Å². The Labute approximate surface area is 134 Å². The van der Waals surface area contributed by atoms with Crippen molar-refractivity contribution in [1.29, 1.82) is 0 Å². The molecule has 0 fully saturated rings. The molecule has 0 aliphatic heterocycles. The minimum atomic E-state index is -0.374. The third kappa shape index (κ3) is 2.80. The van der Waals surface area contributed by atoms with Gasteiger partial charge in [0.05, 0.1) is 19.9 Å². The topological polar surface area (TPSA) is 23.4 Å². The van der Waals surface area contributed by atoms with Gasteiger partial charge in [-0.2, -0.15) is 0 Å². The number of rotatable bonds is 4. The molecule has 0 saturated heterocycles. The van der Waals surface area contributed by atoms with E-state index in [0.29, 0.717) is 0 Å². The maximum atomic E-state index is 14.0. The van der Waals surface area contributed by atoms with Gasteiger partial charge in [-0.15, -0.1) is 0 Å². The zero-order valence-corrected chi connectivity index (χ0v) is 13.3. The molecule has 23 heavy (non-hydrogen) atoms. The Morgan fingerprint density at radius 3 is 2.43 bits per heavy atom. The smallest absolute Gasteiger partial charge is 0.165 e. The normalized spacial score (nSPS) is 10.6. The van der Waals surface area contributed by atoms with Crippen LogP contribution in [-0.4, -0.2) is 18.8 Å². The molecule has 118 valence electrons. The summed E-state index contributed by atoms with van der Waals surface area (Å²) in [6, 6.07) is 16.8. The first-order chi connectivity index (χ1) is 11.1. The van der Waals surface area contributed by atoms with Crippen molar-refractivity contribution >= 4 is 0 Å². The van der Waals surface area contributed by atoms with Crippen LogP contribution in [-0.2, 0) is 0 Å². The molecule has 0 saturated carbocycles. The van der Waals surface area contributed by atoms with Crippen LogP contribution in [0.5, 0.6) is 11.5 Å². The van der Waals surface area contributed by atoms with Crippen LogP contribution in [0.3, 0.4) is 0 Å². The fourth-order valence-corrected chi connectivity index (χ4v) is 2.68. The lowest BCUT2D eigenvalue weighted by atomic mass is 10.1. The lowest BCUT2D eigenvalue weighted by molar-refractivity contribution is 0.386. The molecule has 0 bridgehead atoms. The maximum Gasteiger partial charge on any atom is 0.165 e. The van der Waals surface area contributed by atoms with Gasteiger partial charge in [0, 0.05) is 23.0 Å². The van der Waals surface area contributed by atoms with Gasteiger partial charge in [-0.05, 0) is 49.4 Å². The van der Waals surface area contributed by atoms with E-state index in [1.807, 2.05) is 49.4 Å². The van der Waals surface area contributed by atoms with E-state index >= 15 is 0 Å². The zero-order valence-electron chi connectivity index (χ0n) is 13.3. The number of halogens is 1. The summed E-state index contributed by atoms with van der Waals surface area (Å²) in [4.78, 5) is 0. The number of hydrogen-bond donors (Lipinski definition) is 0. The van der Waals surface area contributed by atoms with E-state index < -0.39 is 0 Å². The second-order valence-corrected chi connectivity index (χ2v) is 5.25. The average molecular weight is 311 g/mol. The number of benzene rings is 2. The van der Waals surface area contributed by atoms with Crippen LogP contribution >= 0.6 is 0 Å². The van der Waals surface area contributed by atoms with Crippen molar-refractivity contribution in [1.82, 2.24) is 4.57 Å². The molecular formula is C19H18FNO2. The van der Waals surface area contributed by atoms with Crippen LogP contribution in [0.1, 0.15) is 5.69 Å². The third-order valence-corrected chi connectivity index (χ3v) is 3.84. The van der Waals surface area contributed by atoms with Gasteiger partial charge in [-0.3, -0.25) is 0 Å². The highest BCUT2D eigenvalue weighted by atomic mass is 19.1. The second-order valence-electron chi connectivity index (χ2n) is 5.25. The van der Waals surface area contributed by atoms with Gasteiger partial charge in [-0.25, -0.2) is 4.39 Å². The Morgan fingerprint density at radius 1 is 0.913 bits per heavy atom. The predicted octanol–water partition coefficient (Wildman–Crippen LogP) is 4.61. The van der Waals surface area contributed by atoms with Gasteiger partial charge in [0.15, 0.2) is 11.6 Å². The monoisotopic (exact) mass is 311 g/mol. The molecule has 0 aliphatic carbocycles. The number of ether oxygens (including phenoxy) is 2. The summed E-state index contributed by atoms with van der Waals surface area (Å²) >= 11 is 0. The largest absolute Gasteiger partial charge is 0.497 e. The molecule has 2 aromatic carbocycles. The summed E-state index contributed by atoms with van der Waals surface area (Å²) in [6.45, 7) is 2.02. The minimum absolute atomic E-state index is 0.241. The molecule has 4 heteroatoms. The standard InChI is InChI=1S/C19H18FNO2/c1-13-7-9-18(14-8-10-19(23-3)17(20)11-14)21(13)15-5-4-6-16(12-15)22-2/h4-12H,1-3H3. The molecule has 0 N–H and O–H groups in total. The van der Waals surface area contributed by atoms with Crippen molar-refractivity contribution < 1.29 is 13.9 Å². The summed E-state index contributed by atoms with van der Waals surface area (Å²) in [5, 5.41) is 0. The highest BCUT2D eigenvalue weighted by Gasteiger charge is 2.12. The van der Waals surface area contributed by atoms with E-state index in [9.17, 15) is 4.39 Å². The van der Waals surface area contributed by atoms with E-state index in [1.54, 1.807) is 13.2 Å². The van der Waals surface area contributed by atoms with Crippen LogP contribution in [0.15, 0.2) is 54.6 Å². The maximum absolute atomic E-state index is 14.0. The van der Waals surface area contributed by atoms with E-state index in [-0.39, 0.29) is 11.6 Å². The van der Waals surface area contributed by atoms with Crippen LogP contribution in [0, 0.1) is 12.7 Å². The molecule has 0 unspecified atom stereocenters. The van der Waals surface area contributed by atoms with Crippen molar-refractivity contribution in [2.75, 3.05) is 14.2 Å². The first-order valence-electron chi connectivity index (χ1n) is 7.30. The molecule has 3 nitrogen and oxygen atoms in total. The molecule has 1 heterocycles. The van der Waals surface area contributed by atoms with Gasteiger partial charge in [0.2, 0.25) is 0 Å². The first-order valence-corrected chi connectivity index (χ1v) is 7.30. The Balaban J connectivity index is 2.13. The highest BCUT2D eigenvalue weighted by Crippen LogP contribution is 2.30. The molecule has 0 radical (unpaired) electrons. The highest BCUT2D eigenvalue weighted by molar-refractivity contribution is 5.65. The molecule has 3 aromatic rings. The third-order valence-electron chi connectivity index (χ3n) is 3.84. The van der Waals surface area contributed by atoms with E-state index in [0.717, 1.165) is 28.4 Å². The quantitative estimate of drug-likeness (QED) is 0.702. The molecule has 0 atom stereocenters.